The smallest absolute Gasteiger partial charge is 0.193 e. The molecule has 8 heteroatoms. The minimum absolute atomic E-state index is 0. The summed E-state index contributed by atoms with van der Waals surface area (Å²) >= 11 is 1.87. The summed E-state index contributed by atoms with van der Waals surface area (Å²) in [4.78, 5) is 10.9. The molecule has 0 radical (unpaired) electrons. The largest absolute Gasteiger partial charge is 0.493 e. The summed E-state index contributed by atoms with van der Waals surface area (Å²) in [6.45, 7) is 3.88. The standard InChI is InChI=1S/C24H34N4O2S.HI/c1-25-24(26-15-18-7-5-10-27(2)23(18)22-8-6-12-31-22)28-11-9-17-13-20(29-3)21(30-4)14-19(17)16-28;/h6,8,12-14,18,23H,5,7,9-11,15-16H2,1-4H3,(H,25,26);1H. The molecule has 1 saturated heterocycles. The van der Waals surface area contributed by atoms with Crippen molar-refractivity contribution < 1.29 is 9.47 Å². The van der Waals surface area contributed by atoms with Crippen LogP contribution in [0.1, 0.15) is 34.9 Å². The predicted molar refractivity (Wildman–Crippen MR) is 143 cm³/mol. The molecule has 0 bridgehead atoms. The molecule has 2 aromatic rings. The first-order chi connectivity index (χ1) is 15.1. The van der Waals surface area contributed by atoms with E-state index in [2.05, 4.69) is 56.8 Å². The second-order valence-electron chi connectivity index (χ2n) is 8.42. The van der Waals surface area contributed by atoms with Gasteiger partial charge < -0.3 is 19.7 Å². The second kappa shape index (κ2) is 11.6. The van der Waals surface area contributed by atoms with Gasteiger partial charge >= 0.3 is 0 Å². The molecular weight excluding hydrogens is 535 g/mol. The molecular formula is C24H35IN4O2S. The van der Waals surface area contributed by atoms with Gasteiger partial charge in [0.25, 0.3) is 0 Å². The topological polar surface area (TPSA) is 49.3 Å². The van der Waals surface area contributed by atoms with Gasteiger partial charge in [-0.25, -0.2) is 0 Å². The maximum absolute atomic E-state index is 5.52. The molecule has 2 aliphatic heterocycles. The van der Waals surface area contributed by atoms with Gasteiger partial charge in [0, 0.05) is 37.6 Å². The van der Waals surface area contributed by atoms with Gasteiger partial charge in [0.05, 0.1) is 14.2 Å². The number of aliphatic imine (C=N–C) groups is 1. The summed E-state index contributed by atoms with van der Waals surface area (Å²) in [7, 11) is 7.53. The molecule has 0 spiro atoms. The molecule has 1 fully saturated rings. The number of hydrogen-bond donors (Lipinski definition) is 1. The van der Waals surface area contributed by atoms with E-state index in [-0.39, 0.29) is 24.0 Å². The Morgan fingerprint density at radius 3 is 2.59 bits per heavy atom. The number of likely N-dealkylation sites (tertiary alicyclic amines) is 1. The van der Waals surface area contributed by atoms with Crippen LogP contribution in [0.3, 0.4) is 0 Å². The van der Waals surface area contributed by atoms with Crippen molar-refractivity contribution in [1.29, 1.82) is 0 Å². The SMILES string of the molecule is CN=C(NCC1CCCN(C)C1c1cccs1)N1CCc2cc(OC)c(OC)cc2C1.I. The Labute approximate surface area is 213 Å². The maximum Gasteiger partial charge on any atom is 0.193 e. The highest BCUT2D eigenvalue weighted by atomic mass is 127. The molecule has 1 aromatic heterocycles. The fourth-order valence-electron chi connectivity index (χ4n) is 5.00. The molecule has 2 unspecified atom stereocenters. The fourth-order valence-corrected chi connectivity index (χ4v) is 5.98. The number of fused-ring (bicyclic) bond motifs is 1. The molecule has 3 heterocycles. The average Bonchev–Trinajstić information content (AvgIpc) is 3.32. The van der Waals surface area contributed by atoms with Crippen molar-refractivity contribution in [2.24, 2.45) is 10.9 Å². The fraction of sp³-hybridized carbons (Fsp3) is 0.542. The molecule has 0 saturated carbocycles. The quantitative estimate of drug-likeness (QED) is 0.328. The lowest BCUT2D eigenvalue weighted by Crippen LogP contribution is -2.47. The lowest BCUT2D eigenvalue weighted by molar-refractivity contribution is 0.124. The van der Waals surface area contributed by atoms with E-state index in [0.29, 0.717) is 12.0 Å². The van der Waals surface area contributed by atoms with Crippen molar-refractivity contribution in [2.45, 2.75) is 31.8 Å². The van der Waals surface area contributed by atoms with Crippen LogP contribution in [0, 0.1) is 5.92 Å². The van der Waals surface area contributed by atoms with Crippen molar-refractivity contribution in [3.63, 3.8) is 0 Å². The minimum Gasteiger partial charge on any atom is -0.493 e. The Morgan fingerprint density at radius 1 is 1.19 bits per heavy atom. The molecule has 6 nitrogen and oxygen atoms in total. The van der Waals surface area contributed by atoms with Gasteiger partial charge in [-0.15, -0.1) is 35.3 Å². The van der Waals surface area contributed by atoms with E-state index in [1.807, 2.05) is 18.4 Å². The molecule has 176 valence electrons. The lowest BCUT2D eigenvalue weighted by atomic mass is 9.88. The summed E-state index contributed by atoms with van der Waals surface area (Å²) in [5, 5.41) is 5.89. The van der Waals surface area contributed by atoms with Crippen molar-refractivity contribution in [3.05, 3.63) is 45.6 Å². The number of piperidine rings is 1. The van der Waals surface area contributed by atoms with Crippen LogP contribution in [0.25, 0.3) is 0 Å². The average molecular weight is 571 g/mol. The Morgan fingerprint density at radius 2 is 1.94 bits per heavy atom. The maximum atomic E-state index is 5.52. The molecule has 1 N–H and O–H groups in total. The van der Waals surface area contributed by atoms with Crippen LogP contribution in [-0.2, 0) is 13.0 Å². The first-order valence-corrected chi connectivity index (χ1v) is 12.0. The number of halogens is 1. The minimum atomic E-state index is 0. The number of rotatable bonds is 5. The first-order valence-electron chi connectivity index (χ1n) is 11.1. The Balaban J connectivity index is 0.00000289. The Bertz CT molecular complexity index is 906. The van der Waals surface area contributed by atoms with Crippen LogP contribution in [0.15, 0.2) is 34.6 Å². The summed E-state index contributed by atoms with van der Waals surface area (Å²) in [5.74, 6) is 3.16. The number of thiophene rings is 1. The highest BCUT2D eigenvalue weighted by molar-refractivity contribution is 14.0. The number of nitrogens with zero attached hydrogens (tertiary/aromatic N) is 3. The second-order valence-corrected chi connectivity index (χ2v) is 9.40. The third-order valence-corrected chi connectivity index (χ3v) is 7.54. The normalized spacial score (nSPS) is 21.5. The van der Waals surface area contributed by atoms with Gasteiger partial charge in [0.2, 0.25) is 0 Å². The number of benzene rings is 1. The predicted octanol–water partition coefficient (Wildman–Crippen LogP) is 4.40. The zero-order chi connectivity index (χ0) is 21.8. The van der Waals surface area contributed by atoms with E-state index < -0.39 is 0 Å². The zero-order valence-electron chi connectivity index (χ0n) is 19.5. The van der Waals surface area contributed by atoms with Crippen molar-refractivity contribution in [3.8, 4) is 11.5 Å². The van der Waals surface area contributed by atoms with Crippen LogP contribution in [-0.4, -0.2) is 63.7 Å². The van der Waals surface area contributed by atoms with Crippen molar-refractivity contribution >= 4 is 41.3 Å². The van der Waals surface area contributed by atoms with E-state index in [4.69, 9.17) is 9.47 Å². The number of nitrogens with one attached hydrogen (secondary N) is 1. The molecule has 4 rings (SSSR count). The van der Waals surface area contributed by atoms with Gasteiger partial charge in [0.15, 0.2) is 17.5 Å². The number of hydrogen-bond acceptors (Lipinski definition) is 5. The molecule has 32 heavy (non-hydrogen) atoms. The van der Waals surface area contributed by atoms with Gasteiger partial charge in [-0.2, -0.15) is 0 Å². The summed E-state index contributed by atoms with van der Waals surface area (Å²) in [5.41, 5.74) is 2.61. The lowest BCUT2D eigenvalue weighted by Gasteiger charge is -2.40. The van der Waals surface area contributed by atoms with E-state index in [9.17, 15) is 0 Å². The van der Waals surface area contributed by atoms with Gasteiger partial charge in [-0.3, -0.25) is 9.89 Å². The molecule has 1 aromatic carbocycles. The summed E-state index contributed by atoms with van der Waals surface area (Å²) in [6.07, 6.45) is 3.47. The van der Waals surface area contributed by atoms with E-state index >= 15 is 0 Å². The molecule has 0 aliphatic carbocycles. The Hall–Kier alpha value is -1.52. The summed E-state index contributed by atoms with van der Waals surface area (Å²) < 4.78 is 11.0. The zero-order valence-corrected chi connectivity index (χ0v) is 22.6. The highest BCUT2D eigenvalue weighted by Crippen LogP contribution is 2.37. The molecule has 2 aliphatic rings. The molecule has 2 atom stereocenters. The van der Waals surface area contributed by atoms with E-state index in [1.165, 1.54) is 35.4 Å². The van der Waals surface area contributed by atoms with Gasteiger partial charge in [-0.1, -0.05) is 6.07 Å². The Kier molecular flexibility index (Phi) is 9.07. The number of guanidine groups is 1. The van der Waals surface area contributed by atoms with Gasteiger partial charge in [0.1, 0.15) is 0 Å². The highest BCUT2D eigenvalue weighted by Gasteiger charge is 2.31. The van der Waals surface area contributed by atoms with E-state index in [1.54, 1.807) is 14.2 Å². The number of ether oxygens (including phenoxy) is 2. The number of methoxy groups -OCH3 is 2. The first kappa shape index (κ1) is 25.1. The van der Waals surface area contributed by atoms with Crippen LogP contribution in [0.2, 0.25) is 0 Å². The summed E-state index contributed by atoms with van der Waals surface area (Å²) in [6, 6.07) is 9.16. The third-order valence-electron chi connectivity index (χ3n) is 6.59. The van der Waals surface area contributed by atoms with Gasteiger partial charge in [-0.05, 0) is 73.5 Å². The van der Waals surface area contributed by atoms with E-state index in [0.717, 1.165) is 43.5 Å². The van der Waals surface area contributed by atoms with Crippen LogP contribution in [0.4, 0.5) is 0 Å². The van der Waals surface area contributed by atoms with Crippen LogP contribution in [0.5, 0.6) is 11.5 Å². The van der Waals surface area contributed by atoms with Crippen molar-refractivity contribution in [1.82, 2.24) is 15.1 Å². The third kappa shape index (κ3) is 5.34. The molecule has 0 amide bonds. The van der Waals surface area contributed by atoms with Crippen LogP contribution < -0.4 is 14.8 Å². The van der Waals surface area contributed by atoms with Crippen LogP contribution >= 0.6 is 35.3 Å². The van der Waals surface area contributed by atoms with Crippen molar-refractivity contribution in [2.75, 3.05) is 47.9 Å². The monoisotopic (exact) mass is 570 g/mol.